The number of rotatable bonds is 3. The Labute approximate surface area is 134 Å². The zero-order valence-corrected chi connectivity index (χ0v) is 13.5. The van der Waals surface area contributed by atoms with Crippen LogP contribution in [0.15, 0.2) is 35.4 Å². The van der Waals surface area contributed by atoms with Crippen molar-refractivity contribution in [2.45, 2.75) is 13.5 Å². The highest BCUT2D eigenvalue weighted by molar-refractivity contribution is 14.1. The summed E-state index contributed by atoms with van der Waals surface area (Å²) in [6.07, 6.45) is 1.27. The summed E-state index contributed by atoms with van der Waals surface area (Å²) in [5, 5.41) is 2.90. The standard InChI is InChI=1S/C13H11ClIN3O2/c1-8-4-2-3-5-9(8)17-10(19)6-18-7-16-12(14)11(15)13(18)20/h2-5,7H,6H2,1H3,(H,17,19). The third-order valence-electron chi connectivity index (χ3n) is 2.67. The van der Waals surface area contributed by atoms with Crippen LogP contribution in [0.1, 0.15) is 5.56 Å². The van der Waals surface area contributed by atoms with Crippen LogP contribution < -0.4 is 10.9 Å². The number of amides is 1. The Kier molecular flexibility index (Phi) is 4.77. The Bertz CT molecular complexity index is 715. The second-order valence-corrected chi connectivity index (χ2v) is 5.58. The number of carbonyl (C=O) groups is 1. The van der Waals surface area contributed by atoms with Crippen LogP contribution in [-0.4, -0.2) is 15.5 Å². The lowest BCUT2D eigenvalue weighted by Gasteiger charge is -2.09. The van der Waals surface area contributed by atoms with Gasteiger partial charge in [-0.05, 0) is 41.1 Å². The van der Waals surface area contributed by atoms with Gasteiger partial charge in [-0.3, -0.25) is 14.2 Å². The van der Waals surface area contributed by atoms with Gasteiger partial charge in [0, 0.05) is 5.69 Å². The van der Waals surface area contributed by atoms with E-state index < -0.39 is 0 Å². The van der Waals surface area contributed by atoms with Crippen LogP contribution in [0.25, 0.3) is 0 Å². The van der Waals surface area contributed by atoms with Gasteiger partial charge in [0.05, 0.1) is 6.33 Å². The molecule has 0 saturated carbocycles. The maximum atomic E-state index is 11.9. The normalized spacial score (nSPS) is 10.3. The molecule has 1 N–H and O–H groups in total. The molecular weight excluding hydrogens is 393 g/mol. The first kappa shape index (κ1) is 15.0. The Balaban J connectivity index is 2.15. The Morgan fingerprint density at radius 1 is 1.45 bits per heavy atom. The maximum Gasteiger partial charge on any atom is 0.268 e. The smallest absolute Gasteiger partial charge is 0.268 e. The molecule has 0 unspecified atom stereocenters. The van der Waals surface area contributed by atoms with E-state index in [1.165, 1.54) is 10.9 Å². The lowest BCUT2D eigenvalue weighted by molar-refractivity contribution is -0.116. The van der Waals surface area contributed by atoms with E-state index in [-0.39, 0.29) is 23.2 Å². The molecule has 0 spiro atoms. The highest BCUT2D eigenvalue weighted by Crippen LogP contribution is 2.13. The molecule has 0 saturated heterocycles. The highest BCUT2D eigenvalue weighted by atomic mass is 127. The number of benzene rings is 1. The van der Waals surface area contributed by atoms with E-state index in [9.17, 15) is 9.59 Å². The molecule has 2 aromatic rings. The molecule has 1 aromatic carbocycles. The van der Waals surface area contributed by atoms with Crippen LogP contribution in [0.5, 0.6) is 0 Å². The van der Waals surface area contributed by atoms with Crippen molar-refractivity contribution in [2.24, 2.45) is 0 Å². The summed E-state index contributed by atoms with van der Waals surface area (Å²) in [4.78, 5) is 27.7. The van der Waals surface area contributed by atoms with Crippen molar-refractivity contribution in [2.75, 3.05) is 5.32 Å². The van der Waals surface area contributed by atoms with E-state index in [4.69, 9.17) is 11.6 Å². The molecule has 1 heterocycles. The first-order valence-electron chi connectivity index (χ1n) is 5.75. The van der Waals surface area contributed by atoms with E-state index in [0.29, 0.717) is 3.57 Å². The van der Waals surface area contributed by atoms with Gasteiger partial charge in [-0.15, -0.1) is 0 Å². The predicted molar refractivity (Wildman–Crippen MR) is 86.0 cm³/mol. The number of hydrogen-bond donors (Lipinski definition) is 1. The number of aryl methyl sites for hydroxylation is 1. The number of hydrogen-bond acceptors (Lipinski definition) is 3. The van der Waals surface area contributed by atoms with Gasteiger partial charge in [0.2, 0.25) is 5.91 Å². The number of anilines is 1. The molecule has 1 amide bonds. The summed E-state index contributed by atoms with van der Waals surface area (Å²) in [5.74, 6) is -0.290. The first-order valence-corrected chi connectivity index (χ1v) is 7.20. The fraction of sp³-hybridized carbons (Fsp3) is 0.154. The van der Waals surface area contributed by atoms with Crippen molar-refractivity contribution in [3.8, 4) is 0 Å². The summed E-state index contributed by atoms with van der Waals surface area (Å²) < 4.78 is 1.52. The minimum absolute atomic E-state index is 0.104. The zero-order valence-electron chi connectivity index (χ0n) is 10.6. The Morgan fingerprint density at radius 2 is 2.15 bits per heavy atom. The average molecular weight is 404 g/mol. The average Bonchev–Trinajstić information content (AvgIpc) is 2.42. The Hall–Kier alpha value is -1.41. The SMILES string of the molecule is Cc1ccccc1NC(=O)Cn1cnc(Cl)c(I)c1=O. The second-order valence-electron chi connectivity index (χ2n) is 4.15. The van der Waals surface area contributed by atoms with E-state index in [0.717, 1.165) is 11.3 Å². The monoisotopic (exact) mass is 403 g/mol. The molecule has 0 atom stereocenters. The minimum atomic E-state index is -0.328. The van der Waals surface area contributed by atoms with Gasteiger partial charge in [0.15, 0.2) is 0 Å². The molecule has 0 aliphatic rings. The minimum Gasteiger partial charge on any atom is -0.324 e. The van der Waals surface area contributed by atoms with Crippen molar-refractivity contribution >= 4 is 45.8 Å². The van der Waals surface area contributed by atoms with Gasteiger partial charge in [-0.1, -0.05) is 29.8 Å². The molecule has 0 radical (unpaired) electrons. The van der Waals surface area contributed by atoms with Crippen LogP contribution in [0.3, 0.4) is 0 Å². The number of carbonyl (C=O) groups excluding carboxylic acids is 1. The molecular formula is C13H11ClIN3O2. The van der Waals surface area contributed by atoms with Crippen LogP contribution in [-0.2, 0) is 11.3 Å². The number of nitrogens with one attached hydrogen (secondary N) is 1. The predicted octanol–water partition coefficient (Wildman–Crippen LogP) is 2.45. The summed E-state index contributed by atoms with van der Waals surface area (Å²) >= 11 is 7.55. The molecule has 104 valence electrons. The third-order valence-corrected chi connectivity index (χ3v) is 4.25. The lowest BCUT2D eigenvalue weighted by Crippen LogP contribution is -2.29. The summed E-state index contributed by atoms with van der Waals surface area (Å²) in [6.45, 7) is 1.79. The summed E-state index contributed by atoms with van der Waals surface area (Å²) in [6, 6.07) is 7.43. The molecule has 0 bridgehead atoms. The van der Waals surface area contributed by atoms with Crippen LogP contribution >= 0.6 is 34.2 Å². The van der Waals surface area contributed by atoms with Crippen LogP contribution in [0.2, 0.25) is 5.15 Å². The lowest BCUT2D eigenvalue weighted by atomic mass is 10.2. The van der Waals surface area contributed by atoms with E-state index in [2.05, 4.69) is 10.3 Å². The van der Waals surface area contributed by atoms with Gasteiger partial charge in [0.1, 0.15) is 15.3 Å². The van der Waals surface area contributed by atoms with E-state index in [1.54, 1.807) is 6.07 Å². The molecule has 2 rings (SSSR count). The third kappa shape index (κ3) is 3.37. The van der Waals surface area contributed by atoms with Crippen molar-refractivity contribution in [3.05, 3.63) is 55.2 Å². The number of halogens is 2. The Morgan fingerprint density at radius 3 is 2.85 bits per heavy atom. The fourth-order valence-corrected chi connectivity index (χ4v) is 2.19. The largest absolute Gasteiger partial charge is 0.324 e. The van der Waals surface area contributed by atoms with Gasteiger partial charge in [0.25, 0.3) is 5.56 Å². The number of nitrogens with zero attached hydrogens (tertiary/aromatic N) is 2. The van der Waals surface area contributed by atoms with Gasteiger partial charge < -0.3 is 5.32 Å². The molecule has 5 nitrogen and oxygen atoms in total. The van der Waals surface area contributed by atoms with Crippen molar-refractivity contribution in [1.29, 1.82) is 0 Å². The quantitative estimate of drug-likeness (QED) is 0.632. The van der Waals surface area contributed by atoms with Crippen molar-refractivity contribution in [3.63, 3.8) is 0 Å². The number of para-hydroxylation sites is 1. The summed E-state index contributed by atoms with van der Waals surface area (Å²) in [5.41, 5.74) is 1.35. The molecule has 20 heavy (non-hydrogen) atoms. The first-order chi connectivity index (χ1) is 9.49. The van der Waals surface area contributed by atoms with E-state index in [1.807, 2.05) is 47.7 Å². The van der Waals surface area contributed by atoms with Crippen LogP contribution in [0, 0.1) is 10.5 Å². The van der Waals surface area contributed by atoms with Crippen LogP contribution in [0.4, 0.5) is 5.69 Å². The molecule has 0 fully saturated rings. The highest BCUT2D eigenvalue weighted by Gasteiger charge is 2.10. The molecule has 1 aromatic heterocycles. The number of aromatic nitrogens is 2. The van der Waals surface area contributed by atoms with Gasteiger partial charge in [-0.2, -0.15) is 0 Å². The molecule has 0 aliphatic carbocycles. The topological polar surface area (TPSA) is 64.0 Å². The fourth-order valence-electron chi connectivity index (χ4n) is 1.61. The van der Waals surface area contributed by atoms with Gasteiger partial charge >= 0.3 is 0 Å². The zero-order chi connectivity index (χ0) is 14.7. The van der Waals surface area contributed by atoms with Gasteiger partial charge in [-0.25, -0.2) is 4.98 Å². The summed E-state index contributed by atoms with van der Waals surface area (Å²) in [7, 11) is 0. The van der Waals surface area contributed by atoms with Crippen molar-refractivity contribution in [1.82, 2.24) is 9.55 Å². The second kappa shape index (κ2) is 6.36. The van der Waals surface area contributed by atoms with E-state index >= 15 is 0 Å². The molecule has 7 heteroatoms. The maximum absolute atomic E-state index is 11.9. The van der Waals surface area contributed by atoms with Crippen molar-refractivity contribution < 1.29 is 4.79 Å². The molecule has 0 aliphatic heterocycles.